The molecule has 1 aromatic rings. The Morgan fingerprint density at radius 2 is 1.96 bits per heavy atom. The van der Waals surface area contributed by atoms with Crippen LogP contribution >= 0.6 is 23.4 Å². The van der Waals surface area contributed by atoms with Crippen LogP contribution in [0.3, 0.4) is 0 Å². The normalized spacial score (nSPS) is 21.0. The van der Waals surface area contributed by atoms with Gasteiger partial charge in [-0.15, -0.1) is 11.8 Å². The largest absolute Gasteiger partial charge is 0.379 e. The van der Waals surface area contributed by atoms with E-state index < -0.39 is 0 Å². The van der Waals surface area contributed by atoms with Crippen LogP contribution in [0.1, 0.15) is 12.5 Å². The summed E-state index contributed by atoms with van der Waals surface area (Å²) in [4.78, 5) is 16.9. The van der Waals surface area contributed by atoms with Crippen LogP contribution in [-0.2, 0) is 15.3 Å². The van der Waals surface area contributed by atoms with Crippen molar-refractivity contribution in [3.63, 3.8) is 0 Å². The number of benzene rings is 1. The number of hydrogen-bond donors (Lipinski definition) is 0. The molecule has 0 saturated carbocycles. The first-order valence-corrected chi connectivity index (χ1v) is 9.53. The Labute approximate surface area is 147 Å². The molecule has 6 heteroatoms. The van der Waals surface area contributed by atoms with Crippen molar-refractivity contribution in [2.45, 2.75) is 24.0 Å². The lowest BCUT2D eigenvalue weighted by molar-refractivity contribution is -0.139. The van der Waals surface area contributed by atoms with Crippen molar-refractivity contribution in [3.05, 3.63) is 34.9 Å². The van der Waals surface area contributed by atoms with E-state index in [1.807, 2.05) is 36.1 Å². The minimum Gasteiger partial charge on any atom is -0.379 e. The second kappa shape index (κ2) is 7.88. The summed E-state index contributed by atoms with van der Waals surface area (Å²) in [7, 11) is 0. The molecule has 2 aliphatic rings. The van der Waals surface area contributed by atoms with Crippen LogP contribution < -0.4 is 0 Å². The monoisotopic (exact) mass is 354 g/mol. The van der Waals surface area contributed by atoms with Crippen LogP contribution in [0.5, 0.6) is 0 Å². The minimum atomic E-state index is -0.00341. The average Bonchev–Trinajstić information content (AvgIpc) is 2.53. The Morgan fingerprint density at radius 3 is 2.61 bits per heavy atom. The molecule has 2 heterocycles. The number of nitrogens with zero attached hydrogens (tertiary/aromatic N) is 2. The van der Waals surface area contributed by atoms with Crippen molar-refractivity contribution in [3.8, 4) is 0 Å². The van der Waals surface area contributed by atoms with Crippen LogP contribution in [0.15, 0.2) is 24.3 Å². The molecule has 1 aromatic carbocycles. The molecule has 1 amide bonds. The third-order valence-electron chi connectivity index (χ3n) is 4.50. The minimum absolute atomic E-state index is 0.00341. The third-order valence-corrected chi connectivity index (χ3v) is 5.95. The number of hydrogen-bond acceptors (Lipinski definition) is 4. The van der Waals surface area contributed by atoms with Gasteiger partial charge < -0.3 is 9.64 Å². The quantitative estimate of drug-likeness (QED) is 0.813. The molecule has 0 bridgehead atoms. The van der Waals surface area contributed by atoms with E-state index in [1.165, 1.54) is 5.56 Å². The zero-order valence-corrected chi connectivity index (χ0v) is 15.0. The van der Waals surface area contributed by atoms with Gasteiger partial charge in [0.25, 0.3) is 0 Å². The summed E-state index contributed by atoms with van der Waals surface area (Å²) in [5.74, 6) is 1.10. The maximum atomic E-state index is 12.5. The summed E-state index contributed by atoms with van der Waals surface area (Å²) in [6.45, 7) is 7.36. The molecule has 4 nitrogen and oxygen atoms in total. The summed E-state index contributed by atoms with van der Waals surface area (Å²) in [6, 6.07) is 8.35. The lowest BCUT2D eigenvalue weighted by Crippen LogP contribution is -2.63. The Bertz CT molecular complexity index is 528. The molecule has 3 rings (SSSR count). The number of ether oxygens (including phenoxy) is 1. The highest BCUT2D eigenvalue weighted by atomic mass is 35.5. The smallest absolute Gasteiger partial charge is 0.235 e. The topological polar surface area (TPSA) is 32.8 Å². The number of rotatable bonds is 5. The van der Waals surface area contributed by atoms with E-state index in [0.29, 0.717) is 6.04 Å². The number of thioether (sulfide) groups is 1. The van der Waals surface area contributed by atoms with Crippen molar-refractivity contribution >= 4 is 29.3 Å². The maximum Gasteiger partial charge on any atom is 0.235 e. The Balaban J connectivity index is 1.41. The fourth-order valence-corrected chi connectivity index (χ4v) is 3.99. The summed E-state index contributed by atoms with van der Waals surface area (Å²) in [5, 5.41) is 0.744. The Kier molecular flexibility index (Phi) is 5.85. The predicted molar refractivity (Wildman–Crippen MR) is 95.0 cm³/mol. The summed E-state index contributed by atoms with van der Waals surface area (Å²) in [6.07, 6.45) is 0. The lowest BCUT2D eigenvalue weighted by atomic mass is 10.1. The van der Waals surface area contributed by atoms with Gasteiger partial charge in [-0.1, -0.05) is 23.7 Å². The highest BCUT2D eigenvalue weighted by Gasteiger charge is 2.36. The number of morpholine rings is 1. The standard InChI is InChI=1S/C17H23ClN2O2S/c1-13(23-12-14-2-4-15(18)5-3-14)17(21)20-10-16(11-20)19-6-8-22-9-7-19/h2-5,13,16H,6-12H2,1H3/t13-/m1/s1. The van der Waals surface area contributed by atoms with Gasteiger partial charge in [-0.2, -0.15) is 0 Å². The number of carbonyl (C=O) groups is 1. The molecule has 0 radical (unpaired) electrons. The summed E-state index contributed by atoms with van der Waals surface area (Å²) >= 11 is 7.58. The zero-order chi connectivity index (χ0) is 16.2. The van der Waals surface area contributed by atoms with Gasteiger partial charge >= 0.3 is 0 Å². The summed E-state index contributed by atoms with van der Waals surface area (Å²) < 4.78 is 5.38. The fourth-order valence-electron chi connectivity index (χ4n) is 2.94. The van der Waals surface area contributed by atoms with Crippen LogP contribution in [-0.4, -0.2) is 66.4 Å². The molecule has 2 fully saturated rings. The molecule has 1 atom stereocenters. The maximum absolute atomic E-state index is 12.5. The van der Waals surface area contributed by atoms with Crippen molar-refractivity contribution < 1.29 is 9.53 Å². The molecule has 0 N–H and O–H groups in total. The predicted octanol–water partition coefficient (Wildman–Crippen LogP) is 2.50. The molecule has 0 aromatic heterocycles. The molecule has 126 valence electrons. The van der Waals surface area contributed by atoms with Gasteiger partial charge in [-0.3, -0.25) is 9.69 Å². The SMILES string of the molecule is C[C@@H](SCc1ccc(Cl)cc1)C(=O)N1CC(N2CCOCC2)C1. The highest BCUT2D eigenvalue weighted by Crippen LogP contribution is 2.24. The first-order chi connectivity index (χ1) is 11.1. The lowest BCUT2D eigenvalue weighted by Gasteiger charge is -2.47. The van der Waals surface area contributed by atoms with Gasteiger partial charge in [-0.05, 0) is 24.6 Å². The molecule has 2 saturated heterocycles. The van der Waals surface area contributed by atoms with E-state index in [-0.39, 0.29) is 11.2 Å². The molecular formula is C17H23ClN2O2S. The molecule has 0 aliphatic carbocycles. The second-order valence-corrected chi connectivity index (χ2v) is 7.89. The van der Waals surface area contributed by atoms with Crippen LogP contribution in [0, 0.1) is 0 Å². The molecule has 2 aliphatic heterocycles. The number of halogens is 1. The molecule has 0 unspecified atom stereocenters. The fraction of sp³-hybridized carbons (Fsp3) is 0.588. The van der Waals surface area contributed by atoms with E-state index in [1.54, 1.807) is 11.8 Å². The third kappa shape index (κ3) is 4.41. The summed E-state index contributed by atoms with van der Waals surface area (Å²) in [5.41, 5.74) is 1.20. The van der Waals surface area contributed by atoms with Gasteiger partial charge in [0, 0.05) is 43.0 Å². The van der Waals surface area contributed by atoms with Crippen LogP contribution in [0.25, 0.3) is 0 Å². The number of likely N-dealkylation sites (tertiary alicyclic amines) is 1. The van der Waals surface area contributed by atoms with Crippen LogP contribution in [0.4, 0.5) is 0 Å². The van der Waals surface area contributed by atoms with E-state index in [4.69, 9.17) is 16.3 Å². The van der Waals surface area contributed by atoms with Gasteiger partial charge in [0.1, 0.15) is 0 Å². The van der Waals surface area contributed by atoms with E-state index >= 15 is 0 Å². The number of carbonyl (C=O) groups excluding carboxylic acids is 1. The van der Waals surface area contributed by atoms with Crippen molar-refractivity contribution in [2.75, 3.05) is 39.4 Å². The number of amides is 1. The van der Waals surface area contributed by atoms with Gasteiger partial charge in [0.05, 0.1) is 18.5 Å². The van der Waals surface area contributed by atoms with Gasteiger partial charge in [-0.25, -0.2) is 0 Å². The average molecular weight is 355 g/mol. The molecule has 0 spiro atoms. The van der Waals surface area contributed by atoms with E-state index in [0.717, 1.165) is 50.2 Å². The first-order valence-electron chi connectivity index (χ1n) is 8.10. The van der Waals surface area contributed by atoms with Crippen molar-refractivity contribution in [2.24, 2.45) is 0 Å². The zero-order valence-electron chi connectivity index (χ0n) is 13.4. The van der Waals surface area contributed by atoms with Crippen molar-refractivity contribution in [1.82, 2.24) is 9.80 Å². The highest BCUT2D eigenvalue weighted by molar-refractivity contribution is 7.99. The van der Waals surface area contributed by atoms with Crippen molar-refractivity contribution in [1.29, 1.82) is 0 Å². The van der Waals surface area contributed by atoms with Crippen LogP contribution in [0.2, 0.25) is 5.02 Å². The van der Waals surface area contributed by atoms with Gasteiger partial charge in [0.15, 0.2) is 0 Å². The molecule has 23 heavy (non-hydrogen) atoms. The van der Waals surface area contributed by atoms with E-state index in [2.05, 4.69) is 4.90 Å². The second-order valence-electron chi connectivity index (χ2n) is 6.13. The van der Waals surface area contributed by atoms with Gasteiger partial charge in [0.2, 0.25) is 5.91 Å². The Hall–Kier alpha value is -0.750. The first kappa shape index (κ1) is 17.1. The van der Waals surface area contributed by atoms with E-state index in [9.17, 15) is 4.79 Å². The Morgan fingerprint density at radius 1 is 1.30 bits per heavy atom. The molecular weight excluding hydrogens is 332 g/mol.